The van der Waals surface area contributed by atoms with Gasteiger partial charge in [-0.1, -0.05) is 13.8 Å². The molecule has 1 atom stereocenters. The van der Waals surface area contributed by atoms with Gasteiger partial charge in [-0.3, -0.25) is 4.90 Å². The van der Waals surface area contributed by atoms with E-state index in [1.807, 2.05) is 18.7 Å². The van der Waals surface area contributed by atoms with Crippen molar-refractivity contribution in [1.29, 1.82) is 0 Å². The molecule has 1 aliphatic rings. The number of nitrogens with two attached hydrogens (primary N) is 1. The Morgan fingerprint density at radius 1 is 1.33 bits per heavy atom. The van der Waals surface area contributed by atoms with Gasteiger partial charge in [0.05, 0.1) is 0 Å². The van der Waals surface area contributed by atoms with Gasteiger partial charge in [-0.15, -0.1) is 0 Å². The normalized spacial score (nSPS) is 19.6. The summed E-state index contributed by atoms with van der Waals surface area (Å²) in [5.41, 5.74) is 6.39. The number of nitrogens with zero attached hydrogens (tertiary/aromatic N) is 1. The highest BCUT2D eigenvalue weighted by atomic mass is 19.2. The van der Waals surface area contributed by atoms with Gasteiger partial charge in [0.1, 0.15) is 0 Å². The molecule has 0 aliphatic carbocycles. The zero-order valence-corrected chi connectivity index (χ0v) is 10.5. The molecule has 2 rings (SSSR count). The highest BCUT2D eigenvalue weighted by Crippen LogP contribution is 2.36. The lowest BCUT2D eigenvalue weighted by Crippen LogP contribution is -2.30. The molecule has 0 amide bonds. The standard InChI is InChI=1S/C13H17F3N2/c1-7(2)5-18-6-9-8(11(18)4-17)3-10(14)13(16)12(9)15/h3,7,11H,4-6,17H2,1-2H3. The third-order valence-electron chi connectivity index (χ3n) is 3.28. The average molecular weight is 258 g/mol. The maximum Gasteiger partial charge on any atom is 0.194 e. The Hall–Kier alpha value is -1.07. The van der Waals surface area contributed by atoms with E-state index in [2.05, 4.69) is 0 Å². The van der Waals surface area contributed by atoms with E-state index in [9.17, 15) is 13.2 Å². The molecule has 2 nitrogen and oxygen atoms in total. The van der Waals surface area contributed by atoms with Gasteiger partial charge in [0, 0.05) is 31.2 Å². The lowest BCUT2D eigenvalue weighted by Gasteiger charge is -2.25. The molecule has 0 fully saturated rings. The Morgan fingerprint density at radius 3 is 2.56 bits per heavy atom. The minimum atomic E-state index is -1.39. The summed E-state index contributed by atoms with van der Waals surface area (Å²) in [5.74, 6) is -3.23. The Labute approximate surface area is 105 Å². The first-order chi connectivity index (χ1) is 8.45. The Balaban J connectivity index is 2.41. The van der Waals surface area contributed by atoms with E-state index in [4.69, 9.17) is 5.73 Å². The first kappa shape index (κ1) is 13.4. The second-order valence-electron chi connectivity index (χ2n) is 5.13. The summed E-state index contributed by atoms with van der Waals surface area (Å²) >= 11 is 0. The Kier molecular flexibility index (Phi) is 3.64. The number of fused-ring (bicyclic) bond motifs is 1. The van der Waals surface area contributed by atoms with Crippen molar-refractivity contribution in [2.45, 2.75) is 26.4 Å². The van der Waals surface area contributed by atoms with Crippen LogP contribution >= 0.6 is 0 Å². The average Bonchev–Trinajstić information content (AvgIpc) is 2.63. The fourth-order valence-electron chi connectivity index (χ4n) is 2.56. The van der Waals surface area contributed by atoms with Crippen molar-refractivity contribution in [3.05, 3.63) is 34.6 Å². The summed E-state index contributed by atoms with van der Waals surface area (Å²) < 4.78 is 40.2. The lowest BCUT2D eigenvalue weighted by molar-refractivity contribution is 0.194. The molecule has 0 aromatic heterocycles. The molecule has 100 valence electrons. The largest absolute Gasteiger partial charge is 0.329 e. The van der Waals surface area contributed by atoms with Crippen LogP contribution in [0.1, 0.15) is 31.0 Å². The fourth-order valence-corrected chi connectivity index (χ4v) is 2.56. The SMILES string of the molecule is CC(C)CN1Cc2c(cc(F)c(F)c2F)C1CN. The van der Waals surface area contributed by atoms with Gasteiger partial charge in [0.25, 0.3) is 0 Å². The molecule has 18 heavy (non-hydrogen) atoms. The molecule has 1 aliphatic heterocycles. The number of benzene rings is 1. The quantitative estimate of drug-likeness (QED) is 0.844. The predicted octanol–water partition coefficient (Wildman–Crippen LogP) is 2.58. The third-order valence-corrected chi connectivity index (χ3v) is 3.28. The van der Waals surface area contributed by atoms with E-state index in [0.29, 0.717) is 18.0 Å². The highest BCUT2D eigenvalue weighted by Gasteiger charge is 2.34. The van der Waals surface area contributed by atoms with Gasteiger partial charge in [0.2, 0.25) is 0 Å². The van der Waals surface area contributed by atoms with Crippen LogP contribution in [0, 0.1) is 23.4 Å². The van der Waals surface area contributed by atoms with E-state index < -0.39 is 17.5 Å². The first-order valence-corrected chi connectivity index (χ1v) is 6.06. The molecular weight excluding hydrogens is 241 g/mol. The monoisotopic (exact) mass is 258 g/mol. The van der Waals surface area contributed by atoms with E-state index in [1.54, 1.807) is 0 Å². The minimum absolute atomic E-state index is 0.230. The van der Waals surface area contributed by atoms with Crippen LogP contribution in [-0.2, 0) is 6.54 Å². The molecule has 0 saturated heterocycles. The van der Waals surface area contributed by atoms with Gasteiger partial charge in [-0.05, 0) is 17.5 Å². The molecule has 1 unspecified atom stereocenters. The zero-order chi connectivity index (χ0) is 13.4. The van der Waals surface area contributed by atoms with Gasteiger partial charge in [0.15, 0.2) is 17.5 Å². The maximum atomic E-state index is 13.7. The summed E-state index contributed by atoms with van der Waals surface area (Å²) in [6.07, 6.45) is 0. The van der Waals surface area contributed by atoms with Crippen molar-refractivity contribution in [3.8, 4) is 0 Å². The Morgan fingerprint density at radius 2 is 2.00 bits per heavy atom. The molecule has 1 aromatic carbocycles. The van der Waals surface area contributed by atoms with E-state index in [-0.39, 0.29) is 18.2 Å². The summed E-state index contributed by atoms with van der Waals surface area (Å²) in [5, 5.41) is 0. The van der Waals surface area contributed by atoms with Gasteiger partial charge < -0.3 is 5.73 Å². The predicted molar refractivity (Wildman–Crippen MR) is 63.4 cm³/mol. The molecule has 0 spiro atoms. The molecule has 0 saturated carbocycles. The van der Waals surface area contributed by atoms with Crippen LogP contribution in [0.3, 0.4) is 0 Å². The van der Waals surface area contributed by atoms with Crippen molar-refractivity contribution in [3.63, 3.8) is 0 Å². The smallest absolute Gasteiger partial charge is 0.194 e. The molecule has 0 bridgehead atoms. The Bertz CT molecular complexity index is 460. The van der Waals surface area contributed by atoms with Crippen molar-refractivity contribution in [1.82, 2.24) is 4.90 Å². The summed E-state index contributed by atoms with van der Waals surface area (Å²) in [6.45, 7) is 5.35. The van der Waals surface area contributed by atoms with Crippen molar-refractivity contribution < 1.29 is 13.2 Å². The van der Waals surface area contributed by atoms with Crippen molar-refractivity contribution in [2.75, 3.05) is 13.1 Å². The van der Waals surface area contributed by atoms with Crippen LogP contribution in [0.2, 0.25) is 0 Å². The molecule has 1 aromatic rings. The van der Waals surface area contributed by atoms with Crippen LogP contribution < -0.4 is 5.73 Å². The van der Waals surface area contributed by atoms with Gasteiger partial charge >= 0.3 is 0 Å². The minimum Gasteiger partial charge on any atom is -0.329 e. The van der Waals surface area contributed by atoms with E-state index in [1.165, 1.54) is 0 Å². The van der Waals surface area contributed by atoms with Crippen LogP contribution in [0.15, 0.2) is 6.07 Å². The van der Waals surface area contributed by atoms with Crippen molar-refractivity contribution >= 4 is 0 Å². The zero-order valence-electron chi connectivity index (χ0n) is 10.5. The van der Waals surface area contributed by atoms with Crippen LogP contribution in [0.5, 0.6) is 0 Å². The lowest BCUT2D eigenvalue weighted by atomic mass is 10.0. The molecule has 1 heterocycles. The van der Waals surface area contributed by atoms with Crippen LogP contribution in [0.4, 0.5) is 13.2 Å². The summed E-state index contributed by atoms with van der Waals surface area (Å²) in [4.78, 5) is 1.97. The maximum absolute atomic E-state index is 13.7. The van der Waals surface area contributed by atoms with E-state index >= 15 is 0 Å². The topological polar surface area (TPSA) is 29.3 Å². The van der Waals surface area contributed by atoms with Gasteiger partial charge in [-0.25, -0.2) is 13.2 Å². The highest BCUT2D eigenvalue weighted by molar-refractivity contribution is 5.37. The number of rotatable bonds is 3. The van der Waals surface area contributed by atoms with Crippen molar-refractivity contribution in [2.24, 2.45) is 11.7 Å². The second kappa shape index (κ2) is 4.90. The number of halogens is 3. The van der Waals surface area contributed by atoms with Crippen LogP contribution in [0.25, 0.3) is 0 Å². The molecule has 0 radical (unpaired) electrons. The number of hydrogen-bond donors (Lipinski definition) is 1. The third kappa shape index (κ3) is 2.12. The summed E-state index contributed by atoms with van der Waals surface area (Å²) in [6, 6.07) is 0.845. The molecule has 2 N–H and O–H groups in total. The van der Waals surface area contributed by atoms with Crippen LogP contribution in [-0.4, -0.2) is 18.0 Å². The first-order valence-electron chi connectivity index (χ1n) is 6.06. The van der Waals surface area contributed by atoms with E-state index in [0.717, 1.165) is 12.6 Å². The second-order valence-corrected chi connectivity index (χ2v) is 5.13. The number of hydrogen-bond acceptors (Lipinski definition) is 2. The molecular formula is C13H17F3N2. The van der Waals surface area contributed by atoms with Gasteiger partial charge in [-0.2, -0.15) is 0 Å². The summed E-state index contributed by atoms with van der Waals surface area (Å²) in [7, 11) is 0. The molecule has 5 heteroatoms. The fraction of sp³-hybridized carbons (Fsp3) is 0.538.